The predicted octanol–water partition coefficient (Wildman–Crippen LogP) is 0.802. The van der Waals surface area contributed by atoms with Crippen molar-refractivity contribution in [1.29, 1.82) is 0 Å². The molecular formula is C6H8N2O2. The Balaban J connectivity index is 2.67. The van der Waals surface area contributed by atoms with Crippen LogP contribution in [0.15, 0.2) is 18.5 Å². The Labute approximate surface area is 58.2 Å². The Kier molecular flexibility index (Phi) is 1.71. The minimum atomic E-state index is -0.338. The molecule has 1 heterocycles. The Morgan fingerprint density at radius 3 is 2.90 bits per heavy atom. The molecule has 1 aromatic rings. The molecule has 0 aliphatic carbocycles. The molecule has 0 radical (unpaired) electrons. The molecule has 1 rings (SSSR count). The molecule has 0 unspecified atom stereocenters. The van der Waals surface area contributed by atoms with Gasteiger partial charge in [0.15, 0.2) is 0 Å². The Morgan fingerprint density at radius 1 is 1.80 bits per heavy atom. The maximum absolute atomic E-state index is 9.97. The van der Waals surface area contributed by atoms with E-state index in [0.29, 0.717) is 0 Å². The highest BCUT2D eigenvalue weighted by atomic mass is 16.6. The van der Waals surface area contributed by atoms with Gasteiger partial charge in [-0.1, -0.05) is 0 Å². The van der Waals surface area contributed by atoms with Gasteiger partial charge < -0.3 is 4.57 Å². The Bertz CT molecular complexity index is 242. The van der Waals surface area contributed by atoms with Crippen molar-refractivity contribution in [1.82, 2.24) is 4.57 Å². The van der Waals surface area contributed by atoms with Gasteiger partial charge in [-0.25, -0.2) is 0 Å². The lowest BCUT2D eigenvalue weighted by atomic mass is 10.3. The first-order valence-corrected chi connectivity index (χ1v) is 2.91. The molecule has 0 saturated carbocycles. The third-order valence-corrected chi connectivity index (χ3v) is 1.20. The lowest BCUT2D eigenvalue weighted by Gasteiger charge is -1.86. The van der Waals surface area contributed by atoms with E-state index in [4.69, 9.17) is 0 Å². The fourth-order valence-corrected chi connectivity index (χ4v) is 0.804. The molecule has 0 amide bonds. The number of nitro groups is 1. The molecule has 10 heavy (non-hydrogen) atoms. The van der Waals surface area contributed by atoms with Gasteiger partial charge in [-0.15, -0.1) is 0 Å². The molecule has 0 aromatic carbocycles. The van der Waals surface area contributed by atoms with Crippen LogP contribution in [0.1, 0.15) is 5.56 Å². The minimum absolute atomic E-state index is 0.0825. The molecule has 0 bridgehead atoms. The van der Waals surface area contributed by atoms with Gasteiger partial charge in [0.05, 0.1) is 0 Å². The second-order valence-electron chi connectivity index (χ2n) is 2.18. The highest BCUT2D eigenvalue weighted by molar-refractivity contribution is 5.07. The first kappa shape index (κ1) is 6.80. The average Bonchev–Trinajstić information content (AvgIpc) is 2.13. The van der Waals surface area contributed by atoms with Gasteiger partial charge in [0.1, 0.15) is 0 Å². The van der Waals surface area contributed by atoms with Crippen molar-refractivity contribution in [2.75, 3.05) is 0 Å². The normalized spacial score (nSPS) is 9.70. The summed E-state index contributed by atoms with van der Waals surface area (Å²) in [6, 6.07) is 1.74. The molecule has 4 nitrogen and oxygen atoms in total. The topological polar surface area (TPSA) is 48.1 Å². The molecule has 0 N–H and O–H groups in total. The zero-order valence-electron chi connectivity index (χ0n) is 5.65. The summed E-state index contributed by atoms with van der Waals surface area (Å²) in [5.41, 5.74) is 0.743. The van der Waals surface area contributed by atoms with Crippen LogP contribution in [0.25, 0.3) is 0 Å². The Morgan fingerprint density at radius 2 is 2.50 bits per heavy atom. The van der Waals surface area contributed by atoms with Crippen molar-refractivity contribution in [2.45, 2.75) is 6.54 Å². The second kappa shape index (κ2) is 2.51. The van der Waals surface area contributed by atoms with Crippen LogP contribution in [-0.2, 0) is 13.6 Å². The third kappa shape index (κ3) is 1.58. The molecule has 0 saturated heterocycles. The summed E-state index contributed by atoms with van der Waals surface area (Å²) < 4.78 is 1.79. The van der Waals surface area contributed by atoms with Gasteiger partial charge in [-0.2, -0.15) is 0 Å². The smallest absolute Gasteiger partial charge is 0.230 e. The van der Waals surface area contributed by atoms with Gasteiger partial charge in [0, 0.05) is 29.9 Å². The first-order valence-electron chi connectivity index (χ1n) is 2.91. The van der Waals surface area contributed by atoms with Crippen LogP contribution in [0.5, 0.6) is 0 Å². The number of rotatable bonds is 2. The summed E-state index contributed by atoms with van der Waals surface area (Å²) in [7, 11) is 1.84. The van der Waals surface area contributed by atoms with Crippen LogP contribution in [0, 0.1) is 10.1 Å². The summed E-state index contributed by atoms with van der Waals surface area (Å²) in [4.78, 5) is 9.64. The maximum Gasteiger partial charge on any atom is 0.230 e. The standard InChI is InChI=1S/C6H8N2O2/c1-7-3-2-6(4-7)5-8(9)10/h2-4H,5H2,1H3. The minimum Gasteiger partial charge on any atom is -0.357 e. The van der Waals surface area contributed by atoms with E-state index in [2.05, 4.69) is 0 Å². The molecule has 0 spiro atoms. The van der Waals surface area contributed by atoms with Gasteiger partial charge in [-0.3, -0.25) is 10.1 Å². The monoisotopic (exact) mass is 140 g/mol. The van der Waals surface area contributed by atoms with Gasteiger partial charge >= 0.3 is 0 Å². The van der Waals surface area contributed by atoms with Crippen molar-refractivity contribution < 1.29 is 4.92 Å². The van der Waals surface area contributed by atoms with Crippen LogP contribution in [0.3, 0.4) is 0 Å². The van der Waals surface area contributed by atoms with Crippen LogP contribution < -0.4 is 0 Å². The fraction of sp³-hybridized carbons (Fsp3) is 0.333. The zero-order valence-corrected chi connectivity index (χ0v) is 5.65. The summed E-state index contributed by atoms with van der Waals surface area (Å²) in [6.07, 6.45) is 3.53. The van der Waals surface area contributed by atoms with Crippen molar-refractivity contribution in [3.63, 3.8) is 0 Å². The van der Waals surface area contributed by atoms with Crippen molar-refractivity contribution >= 4 is 0 Å². The van der Waals surface area contributed by atoms with E-state index < -0.39 is 0 Å². The summed E-state index contributed by atoms with van der Waals surface area (Å²) in [6.45, 7) is -0.0825. The van der Waals surface area contributed by atoms with Gasteiger partial charge in [0.25, 0.3) is 0 Å². The third-order valence-electron chi connectivity index (χ3n) is 1.20. The van der Waals surface area contributed by atoms with Gasteiger partial charge in [-0.05, 0) is 6.07 Å². The van der Waals surface area contributed by atoms with Crippen LogP contribution in [-0.4, -0.2) is 9.49 Å². The SMILES string of the molecule is Cn1ccc(C[N+](=O)[O-])c1. The molecular weight excluding hydrogens is 132 g/mol. The average molecular weight is 140 g/mol. The van der Waals surface area contributed by atoms with Crippen LogP contribution >= 0.6 is 0 Å². The van der Waals surface area contributed by atoms with Gasteiger partial charge in [0.2, 0.25) is 6.54 Å². The van der Waals surface area contributed by atoms with E-state index in [-0.39, 0.29) is 11.5 Å². The molecule has 0 aliphatic rings. The number of aryl methyl sites for hydroxylation is 1. The number of hydrogen-bond donors (Lipinski definition) is 0. The summed E-state index contributed by atoms with van der Waals surface area (Å²) in [5, 5.41) is 9.97. The van der Waals surface area contributed by atoms with Crippen molar-refractivity contribution in [3.05, 3.63) is 34.1 Å². The quantitative estimate of drug-likeness (QED) is 0.450. The van der Waals surface area contributed by atoms with E-state index in [9.17, 15) is 10.1 Å². The Hall–Kier alpha value is -1.32. The van der Waals surface area contributed by atoms with E-state index in [1.807, 2.05) is 7.05 Å². The molecule has 1 aromatic heterocycles. The molecule has 54 valence electrons. The number of hydrogen-bond acceptors (Lipinski definition) is 2. The van der Waals surface area contributed by atoms with Crippen molar-refractivity contribution in [3.8, 4) is 0 Å². The lowest BCUT2D eigenvalue weighted by molar-refractivity contribution is -0.496. The summed E-state index contributed by atoms with van der Waals surface area (Å²) in [5.74, 6) is 0. The fourth-order valence-electron chi connectivity index (χ4n) is 0.804. The number of nitrogens with zero attached hydrogens (tertiary/aromatic N) is 2. The molecule has 0 aliphatic heterocycles. The first-order chi connectivity index (χ1) is 4.68. The van der Waals surface area contributed by atoms with Crippen molar-refractivity contribution in [2.24, 2.45) is 7.05 Å². The van der Waals surface area contributed by atoms with E-state index in [0.717, 1.165) is 5.56 Å². The highest BCUT2D eigenvalue weighted by Gasteiger charge is 2.00. The largest absolute Gasteiger partial charge is 0.357 e. The molecule has 0 atom stereocenters. The van der Waals surface area contributed by atoms with E-state index in [1.54, 1.807) is 23.0 Å². The van der Waals surface area contributed by atoms with Crippen LogP contribution in [0.4, 0.5) is 0 Å². The van der Waals surface area contributed by atoms with E-state index >= 15 is 0 Å². The zero-order chi connectivity index (χ0) is 7.56. The lowest BCUT2D eigenvalue weighted by Crippen LogP contribution is -1.96. The number of aromatic nitrogens is 1. The highest BCUT2D eigenvalue weighted by Crippen LogP contribution is 1.99. The molecule has 4 heteroatoms. The maximum atomic E-state index is 9.97. The predicted molar refractivity (Wildman–Crippen MR) is 36.1 cm³/mol. The second-order valence-corrected chi connectivity index (χ2v) is 2.18. The van der Waals surface area contributed by atoms with E-state index in [1.165, 1.54) is 0 Å². The molecule has 0 fully saturated rings. The van der Waals surface area contributed by atoms with Crippen LogP contribution in [0.2, 0.25) is 0 Å². The summed E-state index contributed by atoms with van der Waals surface area (Å²) >= 11 is 0.